The van der Waals surface area contributed by atoms with E-state index in [4.69, 9.17) is 10.5 Å². The van der Waals surface area contributed by atoms with Gasteiger partial charge in [0.1, 0.15) is 11.7 Å². The normalized spacial score (nSPS) is 11.8. The number of hydrogen-bond acceptors (Lipinski definition) is 3. The topological polar surface area (TPSA) is 96.2 Å². The van der Waals surface area contributed by atoms with Gasteiger partial charge in [-0.15, -0.1) is 0 Å². The van der Waals surface area contributed by atoms with Crippen LogP contribution in [0.3, 0.4) is 0 Å². The molecule has 2 N–H and O–H groups in total. The molecule has 100 valence electrons. The minimum absolute atomic E-state index is 0.281. The maximum Gasteiger partial charge on any atom is 0.268 e. The van der Waals surface area contributed by atoms with Crippen LogP contribution in [-0.2, 0) is 0 Å². The van der Waals surface area contributed by atoms with Crippen LogP contribution in [0.2, 0.25) is 0 Å². The summed E-state index contributed by atoms with van der Waals surface area (Å²) in [5, 5.41) is 23.3. The second kappa shape index (κ2) is 5.41. The zero-order valence-corrected chi connectivity index (χ0v) is 10.6. The van der Waals surface area contributed by atoms with E-state index in [-0.39, 0.29) is 5.56 Å². The molecule has 0 bridgehead atoms. The van der Waals surface area contributed by atoms with Crippen LogP contribution in [0.25, 0.3) is 0 Å². The number of benzene rings is 1. The van der Waals surface area contributed by atoms with Crippen LogP contribution in [0, 0.1) is 41.3 Å². The Bertz CT molecular complexity index is 748. The van der Waals surface area contributed by atoms with Gasteiger partial charge in [-0.25, -0.2) is 4.39 Å². The second-order valence-corrected chi connectivity index (χ2v) is 4.39. The van der Waals surface area contributed by atoms with Crippen molar-refractivity contribution in [1.29, 1.82) is 10.5 Å². The number of halogens is 1. The molecule has 1 heterocycles. The first-order chi connectivity index (χ1) is 9.58. The second-order valence-electron chi connectivity index (χ2n) is 4.39. The molecule has 0 aliphatic heterocycles. The van der Waals surface area contributed by atoms with E-state index in [1.165, 1.54) is 18.2 Å². The predicted molar refractivity (Wildman–Crippen MR) is 69.1 cm³/mol. The lowest BCUT2D eigenvalue weighted by Gasteiger charge is -2.17. The summed E-state index contributed by atoms with van der Waals surface area (Å²) < 4.78 is 13.4. The zero-order valence-electron chi connectivity index (χ0n) is 10.6. The summed E-state index contributed by atoms with van der Waals surface area (Å²) in [6.45, 7) is 1.66. The lowest BCUT2D eigenvalue weighted by Crippen LogP contribution is -2.19. The Kier molecular flexibility index (Phi) is 3.67. The minimum Gasteiger partial charge on any atom is -0.302 e. The number of nitrogens with one attached hydrogen (secondary N) is 2. The first kappa shape index (κ1) is 13.6. The van der Waals surface area contributed by atoms with Gasteiger partial charge in [0.2, 0.25) is 0 Å². The molecule has 1 aromatic heterocycles. The van der Waals surface area contributed by atoms with Gasteiger partial charge in [-0.1, -0.05) is 12.1 Å². The van der Waals surface area contributed by atoms with Crippen LogP contribution >= 0.6 is 0 Å². The maximum absolute atomic E-state index is 13.4. The Morgan fingerprint density at radius 2 is 1.95 bits per heavy atom. The number of H-pyrrole nitrogens is 2. The molecule has 2 rings (SSSR count). The number of hydrogen-bond donors (Lipinski definition) is 2. The van der Waals surface area contributed by atoms with Crippen molar-refractivity contribution in [3.8, 4) is 12.1 Å². The van der Waals surface area contributed by atoms with Gasteiger partial charge >= 0.3 is 0 Å². The standard InChI is InChI=1S/C14H11FN4O/c1-8-12(14(20)19-18-8)13(10(6-16)7-17)9-3-2-4-11(15)5-9/h2-5,10,13H,1H3,(H2,18,19,20)/t13-/m0/s1. The summed E-state index contributed by atoms with van der Waals surface area (Å²) in [4.78, 5) is 11.9. The van der Waals surface area contributed by atoms with Crippen molar-refractivity contribution in [1.82, 2.24) is 10.2 Å². The number of aryl methyl sites for hydroxylation is 1. The minimum atomic E-state index is -1.08. The van der Waals surface area contributed by atoms with Gasteiger partial charge in [0, 0.05) is 17.2 Å². The monoisotopic (exact) mass is 270 g/mol. The molecule has 0 amide bonds. The Labute approximate surface area is 114 Å². The fourth-order valence-corrected chi connectivity index (χ4v) is 2.23. The van der Waals surface area contributed by atoms with Crippen LogP contribution in [0.4, 0.5) is 4.39 Å². The molecule has 0 unspecified atom stereocenters. The zero-order chi connectivity index (χ0) is 14.7. The molecule has 0 aliphatic carbocycles. The summed E-state index contributed by atoms with van der Waals surface area (Å²) >= 11 is 0. The fraction of sp³-hybridized carbons (Fsp3) is 0.214. The van der Waals surface area contributed by atoms with E-state index >= 15 is 0 Å². The third-order valence-corrected chi connectivity index (χ3v) is 3.14. The molecule has 5 nitrogen and oxygen atoms in total. The molecule has 0 saturated heterocycles. The molecule has 1 aromatic carbocycles. The maximum atomic E-state index is 13.4. The average Bonchev–Trinajstić information content (AvgIpc) is 2.76. The van der Waals surface area contributed by atoms with Gasteiger partial charge in [0.05, 0.1) is 12.1 Å². The van der Waals surface area contributed by atoms with E-state index in [1.54, 1.807) is 13.0 Å². The van der Waals surface area contributed by atoms with Crippen molar-refractivity contribution < 1.29 is 4.39 Å². The summed E-state index contributed by atoms with van der Waals surface area (Å²) in [6, 6.07) is 9.31. The molecule has 20 heavy (non-hydrogen) atoms. The van der Waals surface area contributed by atoms with Crippen molar-refractivity contribution in [2.75, 3.05) is 0 Å². The summed E-state index contributed by atoms with van der Waals surface area (Å²) in [7, 11) is 0. The lowest BCUT2D eigenvalue weighted by molar-refractivity contribution is 0.618. The smallest absolute Gasteiger partial charge is 0.268 e. The van der Waals surface area contributed by atoms with E-state index in [2.05, 4.69) is 10.2 Å². The largest absolute Gasteiger partial charge is 0.302 e. The van der Waals surface area contributed by atoms with Crippen molar-refractivity contribution in [2.24, 2.45) is 5.92 Å². The number of rotatable bonds is 3. The van der Waals surface area contributed by atoms with E-state index in [0.29, 0.717) is 11.3 Å². The molecular formula is C14H11FN4O. The Hall–Kier alpha value is -2.86. The molecular weight excluding hydrogens is 259 g/mol. The molecule has 0 saturated carbocycles. The molecule has 1 atom stereocenters. The highest BCUT2D eigenvalue weighted by Crippen LogP contribution is 2.31. The SMILES string of the molecule is Cc1[nH][nH]c(=O)c1[C@@H](c1cccc(F)c1)C(C#N)C#N. The number of nitrogens with zero attached hydrogens (tertiary/aromatic N) is 2. The van der Waals surface area contributed by atoms with E-state index < -0.39 is 23.2 Å². The van der Waals surface area contributed by atoms with Gasteiger partial charge in [-0.3, -0.25) is 9.89 Å². The number of nitriles is 2. The molecule has 6 heteroatoms. The molecule has 0 radical (unpaired) electrons. The highest BCUT2D eigenvalue weighted by molar-refractivity contribution is 5.38. The third-order valence-electron chi connectivity index (χ3n) is 3.14. The van der Waals surface area contributed by atoms with Crippen molar-refractivity contribution in [3.05, 3.63) is 57.3 Å². The quantitative estimate of drug-likeness (QED) is 0.892. The number of aromatic nitrogens is 2. The van der Waals surface area contributed by atoms with E-state index in [9.17, 15) is 9.18 Å². The van der Waals surface area contributed by atoms with Crippen LogP contribution in [0.1, 0.15) is 22.7 Å². The molecule has 0 aliphatic rings. The molecule has 2 aromatic rings. The van der Waals surface area contributed by atoms with Gasteiger partial charge < -0.3 is 5.10 Å². The highest BCUT2D eigenvalue weighted by Gasteiger charge is 2.29. The van der Waals surface area contributed by atoms with Crippen LogP contribution in [0.5, 0.6) is 0 Å². The van der Waals surface area contributed by atoms with E-state index in [0.717, 1.165) is 0 Å². The number of aromatic amines is 2. The predicted octanol–water partition coefficient (Wildman–Crippen LogP) is 1.95. The van der Waals surface area contributed by atoms with Crippen molar-refractivity contribution in [3.63, 3.8) is 0 Å². The lowest BCUT2D eigenvalue weighted by atomic mass is 9.82. The van der Waals surface area contributed by atoms with Gasteiger partial charge in [-0.2, -0.15) is 10.5 Å². The van der Waals surface area contributed by atoms with Crippen LogP contribution in [0.15, 0.2) is 29.1 Å². The molecule has 0 fully saturated rings. The third kappa shape index (κ3) is 2.32. The first-order valence-corrected chi connectivity index (χ1v) is 5.90. The Balaban J connectivity index is 2.67. The van der Waals surface area contributed by atoms with Crippen molar-refractivity contribution in [2.45, 2.75) is 12.8 Å². The van der Waals surface area contributed by atoms with Gasteiger partial charge in [-0.05, 0) is 24.6 Å². The van der Waals surface area contributed by atoms with Crippen LogP contribution < -0.4 is 5.56 Å². The summed E-state index contributed by atoms with van der Waals surface area (Å²) in [6.07, 6.45) is 0. The van der Waals surface area contributed by atoms with Gasteiger partial charge in [0.25, 0.3) is 5.56 Å². The highest BCUT2D eigenvalue weighted by atomic mass is 19.1. The average molecular weight is 270 g/mol. The first-order valence-electron chi connectivity index (χ1n) is 5.90. The van der Waals surface area contributed by atoms with Gasteiger partial charge in [0.15, 0.2) is 0 Å². The van der Waals surface area contributed by atoms with E-state index in [1.807, 2.05) is 12.1 Å². The molecule has 0 spiro atoms. The van der Waals surface area contributed by atoms with Crippen LogP contribution in [-0.4, -0.2) is 10.2 Å². The summed E-state index contributed by atoms with van der Waals surface area (Å²) in [5.74, 6) is -2.35. The Morgan fingerprint density at radius 1 is 1.25 bits per heavy atom. The summed E-state index contributed by atoms with van der Waals surface area (Å²) in [5.41, 5.74) is 0.821. The Morgan fingerprint density at radius 3 is 2.45 bits per heavy atom. The fourth-order valence-electron chi connectivity index (χ4n) is 2.23. The van der Waals surface area contributed by atoms with Crippen molar-refractivity contribution >= 4 is 0 Å².